The number of benzene rings is 1. The lowest BCUT2D eigenvalue weighted by molar-refractivity contribution is 0.0975. The quantitative estimate of drug-likeness (QED) is 0.516. The number of ether oxygens (including phenoxy) is 2. The normalized spacial score (nSPS) is 12.9. The van der Waals surface area contributed by atoms with Gasteiger partial charge >= 0.3 is 0 Å². The molecule has 142 valence electrons. The zero-order valence-electron chi connectivity index (χ0n) is 14.9. The van der Waals surface area contributed by atoms with Crippen molar-refractivity contribution in [3.05, 3.63) is 63.4 Å². The molecule has 3 heterocycles. The summed E-state index contributed by atoms with van der Waals surface area (Å²) in [6.45, 7) is 0.821. The molecule has 0 aliphatic carbocycles. The Morgan fingerprint density at radius 3 is 2.64 bits per heavy atom. The molecule has 0 atom stereocenters. The summed E-state index contributed by atoms with van der Waals surface area (Å²) in [5.41, 5.74) is 2.96. The summed E-state index contributed by atoms with van der Waals surface area (Å²) in [6, 6.07) is 9.22. The van der Waals surface area contributed by atoms with Crippen molar-refractivity contribution in [2.45, 2.75) is 0 Å². The molecule has 8 heteroatoms. The van der Waals surface area contributed by atoms with Crippen molar-refractivity contribution in [3.8, 4) is 22.8 Å². The molecule has 0 unspecified atom stereocenters. The number of carbonyl (C=O) groups excluding carboxylic acids is 1. The van der Waals surface area contributed by atoms with E-state index >= 15 is 0 Å². The Kier molecular flexibility index (Phi) is 5.32. The first-order valence-electron chi connectivity index (χ1n) is 8.46. The van der Waals surface area contributed by atoms with Crippen LogP contribution in [0.5, 0.6) is 11.6 Å². The van der Waals surface area contributed by atoms with Crippen LogP contribution in [0.4, 0.5) is 5.69 Å². The van der Waals surface area contributed by atoms with Crippen molar-refractivity contribution in [2.75, 3.05) is 25.2 Å². The predicted octanol–water partition coefficient (Wildman–Crippen LogP) is 4.72. The highest BCUT2D eigenvalue weighted by molar-refractivity contribution is 9.11. The second-order valence-electron chi connectivity index (χ2n) is 6.07. The third-order valence-corrected chi connectivity index (χ3v) is 5.54. The Labute approximate surface area is 178 Å². The number of carbonyl (C=O) groups is 1. The maximum Gasteiger partial charge on any atom is 0.258 e. The molecule has 0 radical (unpaired) electrons. The van der Waals surface area contributed by atoms with Gasteiger partial charge in [0.25, 0.3) is 5.91 Å². The van der Waals surface area contributed by atoms with E-state index in [4.69, 9.17) is 9.47 Å². The number of fused-ring (bicyclic) bond motifs is 1. The third-order valence-electron chi connectivity index (χ3n) is 4.37. The van der Waals surface area contributed by atoms with Crippen LogP contribution < -0.4 is 14.4 Å². The Morgan fingerprint density at radius 1 is 1.18 bits per heavy atom. The Balaban J connectivity index is 1.74. The number of anilines is 1. The van der Waals surface area contributed by atoms with E-state index in [0.717, 1.165) is 11.1 Å². The van der Waals surface area contributed by atoms with E-state index in [-0.39, 0.29) is 5.91 Å². The number of methoxy groups -OCH3 is 1. The van der Waals surface area contributed by atoms with Crippen molar-refractivity contribution in [3.63, 3.8) is 0 Å². The van der Waals surface area contributed by atoms with Crippen molar-refractivity contribution in [1.82, 2.24) is 9.97 Å². The summed E-state index contributed by atoms with van der Waals surface area (Å²) in [5.74, 6) is 0.942. The SMILES string of the molecule is COc1c(Br)cc(C(=O)N2CCOc3ncc(-c4cccnc4)cc32)cc1Br. The number of pyridine rings is 2. The van der Waals surface area contributed by atoms with Gasteiger partial charge in [0.05, 0.1) is 22.6 Å². The number of amides is 1. The van der Waals surface area contributed by atoms with Gasteiger partial charge in [0.15, 0.2) is 0 Å². The van der Waals surface area contributed by atoms with E-state index in [0.29, 0.717) is 45.0 Å². The molecule has 1 aromatic carbocycles. The smallest absolute Gasteiger partial charge is 0.258 e. The average molecular weight is 505 g/mol. The van der Waals surface area contributed by atoms with Crippen LogP contribution in [0, 0.1) is 0 Å². The van der Waals surface area contributed by atoms with Gasteiger partial charge in [-0.25, -0.2) is 4.98 Å². The third kappa shape index (κ3) is 3.49. The van der Waals surface area contributed by atoms with Gasteiger partial charge in [-0.05, 0) is 56.1 Å². The minimum absolute atomic E-state index is 0.140. The maximum absolute atomic E-state index is 13.3. The van der Waals surface area contributed by atoms with Gasteiger partial charge in [0, 0.05) is 35.3 Å². The Bertz CT molecular complexity index is 1020. The van der Waals surface area contributed by atoms with Crippen LogP contribution in [0.3, 0.4) is 0 Å². The topological polar surface area (TPSA) is 64.5 Å². The van der Waals surface area contributed by atoms with Crippen LogP contribution in [-0.2, 0) is 0 Å². The molecule has 4 rings (SSSR count). The van der Waals surface area contributed by atoms with Gasteiger partial charge in [-0.2, -0.15) is 0 Å². The Hall–Kier alpha value is -2.45. The zero-order valence-corrected chi connectivity index (χ0v) is 18.0. The number of halogens is 2. The van der Waals surface area contributed by atoms with E-state index in [2.05, 4.69) is 41.8 Å². The highest BCUT2D eigenvalue weighted by atomic mass is 79.9. The first-order chi connectivity index (χ1) is 13.6. The first-order valence-corrected chi connectivity index (χ1v) is 10.0. The summed E-state index contributed by atoms with van der Waals surface area (Å²) in [4.78, 5) is 23.5. The minimum atomic E-state index is -0.140. The molecule has 0 bridgehead atoms. The van der Waals surface area contributed by atoms with Gasteiger partial charge in [-0.3, -0.25) is 9.78 Å². The van der Waals surface area contributed by atoms with Gasteiger partial charge in [0.2, 0.25) is 5.88 Å². The molecule has 0 saturated carbocycles. The van der Waals surface area contributed by atoms with Crippen molar-refractivity contribution in [2.24, 2.45) is 0 Å². The predicted molar refractivity (Wildman–Crippen MR) is 113 cm³/mol. The van der Waals surface area contributed by atoms with Crippen molar-refractivity contribution < 1.29 is 14.3 Å². The van der Waals surface area contributed by atoms with E-state index in [1.54, 1.807) is 42.7 Å². The molecule has 2 aromatic heterocycles. The van der Waals surface area contributed by atoms with Gasteiger partial charge in [-0.1, -0.05) is 6.07 Å². The molecule has 0 saturated heterocycles. The van der Waals surface area contributed by atoms with E-state index in [9.17, 15) is 4.79 Å². The number of nitrogens with zero attached hydrogens (tertiary/aromatic N) is 3. The standard InChI is InChI=1S/C20H15Br2N3O3/c1-27-18-15(21)7-13(8-16(18)22)20(26)25-5-6-28-19-17(25)9-14(11-24-19)12-3-2-4-23-10-12/h2-4,7-11H,5-6H2,1H3. The largest absolute Gasteiger partial charge is 0.494 e. The second kappa shape index (κ2) is 7.89. The molecule has 0 spiro atoms. The maximum atomic E-state index is 13.3. The minimum Gasteiger partial charge on any atom is -0.494 e. The second-order valence-corrected chi connectivity index (χ2v) is 7.78. The first kappa shape index (κ1) is 18.9. The summed E-state index contributed by atoms with van der Waals surface area (Å²) in [5, 5.41) is 0. The fourth-order valence-electron chi connectivity index (χ4n) is 3.04. The van der Waals surface area contributed by atoms with Gasteiger partial charge in [0.1, 0.15) is 18.0 Å². The van der Waals surface area contributed by atoms with E-state index < -0.39 is 0 Å². The summed E-state index contributed by atoms with van der Waals surface area (Å²) in [7, 11) is 1.58. The Morgan fingerprint density at radius 2 is 1.96 bits per heavy atom. The molecule has 1 amide bonds. The molecule has 1 aliphatic heterocycles. The van der Waals surface area contributed by atoms with E-state index in [1.165, 1.54) is 0 Å². The lowest BCUT2D eigenvalue weighted by atomic mass is 10.1. The fourth-order valence-corrected chi connectivity index (χ4v) is 4.55. The lowest BCUT2D eigenvalue weighted by Crippen LogP contribution is -2.38. The molecule has 3 aromatic rings. The van der Waals surface area contributed by atoms with Crippen LogP contribution in [0.2, 0.25) is 0 Å². The molecule has 1 aliphatic rings. The number of rotatable bonds is 3. The van der Waals surface area contributed by atoms with Crippen LogP contribution in [0.25, 0.3) is 11.1 Å². The van der Waals surface area contributed by atoms with Gasteiger partial charge in [-0.15, -0.1) is 0 Å². The average Bonchev–Trinajstić information content (AvgIpc) is 2.73. The highest BCUT2D eigenvalue weighted by Gasteiger charge is 2.27. The van der Waals surface area contributed by atoms with Crippen LogP contribution >= 0.6 is 31.9 Å². The molecular weight excluding hydrogens is 490 g/mol. The highest BCUT2D eigenvalue weighted by Crippen LogP contribution is 2.37. The fraction of sp³-hybridized carbons (Fsp3) is 0.150. The molecule has 28 heavy (non-hydrogen) atoms. The lowest BCUT2D eigenvalue weighted by Gasteiger charge is -2.29. The van der Waals surface area contributed by atoms with Crippen molar-refractivity contribution >= 4 is 43.5 Å². The number of hydrogen-bond acceptors (Lipinski definition) is 5. The van der Waals surface area contributed by atoms with E-state index in [1.807, 2.05) is 18.2 Å². The molecule has 0 N–H and O–H groups in total. The summed E-state index contributed by atoms with van der Waals surface area (Å²) in [6.07, 6.45) is 5.20. The molecule has 0 fully saturated rings. The molecular formula is C20H15Br2N3O3. The number of hydrogen-bond donors (Lipinski definition) is 0. The van der Waals surface area contributed by atoms with Crippen LogP contribution in [-0.4, -0.2) is 36.1 Å². The van der Waals surface area contributed by atoms with Crippen molar-refractivity contribution in [1.29, 1.82) is 0 Å². The zero-order chi connectivity index (χ0) is 19.7. The monoisotopic (exact) mass is 503 g/mol. The molecule has 6 nitrogen and oxygen atoms in total. The van der Waals surface area contributed by atoms with Gasteiger partial charge < -0.3 is 14.4 Å². The number of aromatic nitrogens is 2. The van der Waals surface area contributed by atoms with Crippen LogP contribution in [0.15, 0.2) is 57.9 Å². The summed E-state index contributed by atoms with van der Waals surface area (Å²) < 4.78 is 12.4. The summed E-state index contributed by atoms with van der Waals surface area (Å²) >= 11 is 6.91. The van der Waals surface area contributed by atoms with Crippen LogP contribution in [0.1, 0.15) is 10.4 Å².